The summed E-state index contributed by atoms with van der Waals surface area (Å²) in [6.07, 6.45) is -4.90. The largest absolute Gasteiger partial charge is 0.433 e. The predicted octanol–water partition coefficient (Wildman–Crippen LogP) is 2.08. The molecule has 7 heavy (non-hydrogen) atoms. The van der Waals surface area contributed by atoms with Gasteiger partial charge in [0.1, 0.15) is 0 Å². The van der Waals surface area contributed by atoms with Gasteiger partial charge >= 0.3 is 6.18 Å². The zero-order chi connectivity index (χ0) is 6.08. The van der Waals surface area contributed by atoms with E-state index >= 15 is 0 Å². The Labute approximate surface area is 42.1 Å². The summed E-state index contributed by atoms with van der Waals surface area (Å²) in [7, 11) is 0. The van der Waals surface area contributed by atoms with E-state index in [2.05, 4.69) is 11.6 Å². The van der Waals surface area contributed by atoms with Crippen molar-refractivity contribution in [2.75, 3.05) is 0 Å². The van der Waals surface area contributed by atoms with Crippen LogP contribution in [0.4, 0.5) is 17.6 Å². The summed E-state index contributed by atoms with van der Waals surface area (Å²) in [5.41, 5.74) is -3.23. The maximum atomic E-state index is 10.8. The summed E-state index contributed by atoms with van der Waals surface area (Å²) in [4.78, 5) is 0. The molecular weight excluding hydrogens is 135 g/mol. The molecule has 0 rings (SSSR count). The first-order valence-electron chi connectivity index (χ1n) is 1.29. The van der Waals surface area contributed by atoms with E-state index < -0.39 is 11.8 Å². The van der Waals surface area contributed by atoms with Crippen LogP contribution in [0.2, 0.25) is 0 Å². The monoisotopic (exact) mass is 136 g/mol. The van der Waals surface area contributed by atoms with Gasteiger partial charge in [0.15, 0.2) is 0 Å². The maximum Gasteiger partial charge on any atom is 0.433 e. The van der Waals surface area contributed by atoms with Gasteiger partial charge in [-0.2, -0.15) is 13.2 Å². The van der Waals surface area contributed by atoms with Crippen molar-refractivity contribution in [3.63, 3.8) is 0 Å². The fourth-order valence-corrected chi connectivity index (χ4v) is 0. The van der Waals surface area contributed by atoms with Gasteiger partial charge in [0.05, 0.1) is 0 Å². The van der Waals surface area contributed by atoms with E-state index in [0.717, 1.165) is 0 Å². The lowest BCUT2D eigenvalue weighted by Crippen LogP contribution is -2.17. The lowest BCUT2D eigenvalue weighted by Gasteiger charge is -2.01. The highest BCUT2D eigenvalue weighted by atomic mass is 35.5. The molecule has 0 aromatic carbocycles. The van der Waals surface area contributed by atoms with Crippen molar-refractivity contribution < 1.29 is 17.6 Å². The van der Waals surface area contributed by atoms with Crippen LogP contribution in [-0.4, -0.2) is 11.8 Å². The van der Waals surface area contributed by atoms with Gasteiger partial charge in [-0.05, 0) is 0 Å². The van der Waals surface area contributed by atoms with Crippen molar-refractivity contribution in [1.29, 1.82) is 0 Å². The van der Waals surface area contributed by atoms with E-state index in [1.165, 1.54) is 0 Å². The lowest BCUT2D eigenvalue weighted by molar-refractivity contribution is -0.156. The first-order valence-corrected chi connectivity index (χ1v) is 1.73. The van der Waals surface area contributed by atoms with E-state index in [1.54, 1.807) is 0 Å². The van der Waals surface area contributed by atoms with E-state index in [-0.39, 0.29) is 0 Å². The minimum Gasteiger partial charge on any atom is -0.220 e. The van der Waals surface area contributed by atoms with E-state index in [1.807, 2.05) is 0 Å². The van der Waals surface area contributed by atoms with E-state index in [9.17, 15) is 17.6 Å². The van der Waals surface area contributed by atoms with Gasteiger partial charge in [-0.3, -0.25) is 0 Å². The topological polar surface area (TPSA) is 0 Å². The van der Waals surface area contributed by atoms with Crippen molar-refractivity contribution in [1.82, 2.24) is 0 Å². The van der Waals surface area contributed by atoms with Crippen LogP contribution in [0.15, 0.2) is 0 Å². The molecule has 0 amide bonds. The van der Waals surface area contributed by atoms with Crippen LogP contribution in [0.1, 0.15) is 0 Å². The molecule has 0 radical (unpaired) electrons. The molecule has 0 aliphatic heterocycles. The quantitative estimate of drug-likeness (QED) is 0.353. The van der Waals surface area contributed by atoms with Crippen molar-refractivity contribution in [2.45, 2.75) is 11.8 Å². The number of alkyl halides is 5. The fraction of sp³-hybridized carbons (Fsp3) is 1.00. The van der Waals surface area contributed by atoms with Crippen LogP contribution in [0, 0.1) is 0 Å². The predicted molar refractivity (Wildman–Crippen MR) is 16.8 cm³/mol. The smallest absolute Gasteiger partial charge is 0.220 e. The molecule has 0 spiro atoms. The number of hydrogen-bond acceptors (Lipinski definition) is 0. The molecule has 0 aromatic rings. The highest BCUT2D eigenvalue weighted by molar-refractivity contribution is 6.20. The van der Waals surface area contributed by atoms with Crippen LogP contribution < -0.4 is 0 Å². The highest BCUT2D eigenvalue weighted by Crippen LogP contribution is 2.24. The van der Waals surface area contributed by atoms with Crippen molar-refractivity contribution in [2.24, 2.45) is 0 Å². The molecule has 0 saturated heterocycles. The Morgan fingerprint density at radius 3 is 1.43 bits per heavy atom. The van der Waals surface area contributed by atoms with Crippen molar-refractivity contribution >= 4 is 11.6 Å². The Bertz CT molecular complexity index is 55.2. The Hall–Kier alpha value is 0.01000. The summed E-state index contributed by atoms with van der Waals surface area (Å²) < 4.78 is 42.9. The molecule has 0 bridgehead atoms. The first-order chi connectivity index (χ1) is 2.94. The zero-order valence-electron chi connectivity index (χ0n) is 2.97. The molecule has 0 aromatic heterocycles. The minimum atomic E-state index is -4.90. The van der Waals surface area contributed by atoms with Gasteiger partial charge < -0.3 is 0 Å². The second-order valence-corrected chi connectivity index (χ2v) is 1.23. The lowest BCUT2D eigenvalue weighted by atomic mass is 10.7. The molecule has 44 valence electrons. The Kier molecular flexibility index (Phi) is 1.86. The fourth-order valence-electron chi connectivity index (χ4n) is 0. The molecule has 1 unspecified atom stereocenters. The molecule has 1 atom stereocenters. The molecule has 0 heterocycles. The summed E-state index contributed by atoms with van der Waals surface area (Å²) in [6, 6.07) is 0. The second kappa shape index (κ2) is 1.86. The van der Waals surface area contributed by atoms with Gasteiger partial charge in [0, 0.05) is 0 Å². The minimum absolute atomic E-state index is 3.23. The maximum absolute atomic E-state index is 10.8. The summed E-state index contributed by atoms with van der Waals surface area (Å²) in [5.74, 6) is 0. The van der Waals surface area contributed by atoms with Crippen LogP contribution in [0.5, 0.6) is 0 Å². The van der Waals surface area contributed by atoms with E-state index in [0.29, 0.717) is 0 Å². The van der Waals surface area contributed by atoms with Crippen LogP contribution >= 0.6 is 11.6 Å². The molecule has 0 nitrogen and oxygen atoms in total. The second-order valence-electron chi connectivity index (χ2n) is 0.842. The van der Waals surface area contributed by atoms with Crippen LogP contribution in [-0.2, 0) is 0 Å². The third kappa shape index (κ3) is 2.68. The molecular formula is C2HClF4. The number of rotatable bonds is 0. The van der Waals surface area contributed by atoms with Crippen LogP contribution in [0.25, 0.3) is 0 Å². The first kappa shape index (κ1) is 7.01. The average Bonchev–Trinajstić information content (AvgIpc) is 1.31. The summed E-state index contributed by atoms with van der Waals surface area (Å²) in [6.45, 7) is 0. The third-order valence-electron chi connectivity index (χ3n) is 0.247. The standard InChI is InChI=1S/C2HClF4/c3-1(4)2(5,6)7/h1H. The highest BCUT2D eigenvalue weighted by Gasteiger charge is 2.38. The van der Waals surface area contributed by atoms with Crippen LogP contribution in [0.3, 0.4) is 0 Å². The summed E-state index contributed by atoms with van der Waals surface area (Å²) in [5, 5.41) is 0. The Balaban J connectivity index is 3.54. The van der Waals surface area contributed by atoms with Gasteiger partial charge in [-0.25, -0.2) is 4.39 Å². The molecule has 0 aliphatic carbocycles. The zero-order valence-corrected chi connectivity index (χ0v) is 3.72. The molecule has 0 aliphatic rings. The third-order valence-corrected chi connectivity index (χ3v) is 0.495. The van der Waals surface area contributed by atoms with Gasteiger partial charge in [0.2, 0.25) is 0 Å². The summed E-state index contributed by atoms with van der Waals surface area (Å²) >= 11 is 3.96. The SMILES string of the molecule is FC(Cl)C(F)(F)F. The normalized spacial score (nSPS) is 16.7. The number of hydrogen-bond donors (Lipinski definition) is 0. The Morgan fingerprint density at radius 2 is 1.43 bits per heavy atom. The molecule has 0 N–H and O–H groups in total. The van der Waals surface area contributed by atoms with Gasteiger partial charge in [-0.15, -0.1) is 0 Å². The van der Waals surface area contributed by atoms with Gasteiger partial charge in [0.25, 0.3) is 5.63 Å². The molecule has 5 heteroatoms. The van der Waals surface area contributed by atoms with Crippen molar-refractivity contribution in [3.05, 3.63) is 0 Å². The van der Waals surface area contributed by atoms with Crippen molar-refractivity contribution in [3.8, 4) is 0 Å². The molecule has 0 fully saturated rings. The average molecular weight is 136 g/mol. The van der Waals surface area contributed by atoms with Gasteiger partial charge in [-0.1, -0.05) is 11.6 Å². The van der Waals surface area contributed by atoms with E-state index in [4.69, 9.17) is 0 Å². The molecule has 0 saturated carbocycles. The Morgan fingerprint density at radius 1 is 1.29 bits per heavy atom. The number of halogens is 5.